The summed E-state index contributed by atoms with van der Waals surface area (Å²) in [7, 11) is -3.50. The van der Waals surface area contributed by atoms with Crippen molar-refractivity contribution in [2.24, 2.45) is 52.3 Å². The van der Waals surface area contributed by atoms with Crippen LogP contribution in [-0.2, 0) is 14.8 Å². The lowest BCUT2D eigenvalue weighted by atomic mass is 9.41. The second-order valence-corrected chi connectivity index (χ2v) is 15.9. The molecule has 0 aliphatic heterocycles. The Balaban J connectivity index is 1.31. The van der Waals surface area contributed by atoms with Crippen LogP contribution in [0.1, 0.15) is 98.3 Å². The normalized spacial score (nSPS) is 48.5. The maximum absolute atomic E-state index is 15.5. The van der Waals surface area contributed by atoms with Gasteiger partial charge in [0, 0.05) is 12.3 Å². The first-order valence-electron chi connectivity index (χ1n) is 14.9. The number of alkyl halides is 1. The van der Waals surface area contributed by atoms with E-state index < -0.39 is 39.6 Å². The first-order valence-corrected chi connectivity index (χ1v) is 16.4. The van der Waals surface area contributed by atoms with Gasteiger partial charge in [-0.15, -0.1) is 0 Å². The van der Waals surface area contributed by atoms with Gasteiger partial charge in [-0.2, -0.15) is 0 Å². The molecule has 5 aliphatic rings. The Morgan fingerprint density at radius 1 is 1.03 bits per heavy atom. The highest BCUT2D eigenvalue weighted by molar-refractivity contribution is 7.90. The lowest BCUT2D eigenvalue weighted by Crippen LogP contribution is -2.65. The topological polar surface area (TPSA) is 104 Å². The van der Waals surface area contributed by atoms with Crippen LogP contribution in [0.3, 0.4) is 0 Å². The van der Waals surface area contributed by atoms with Crippen molar-refractivity contribution in [3.8, 4) is 0 Å². The lowest BCUT2D eigenvalue weighted by molar-refractivity contribution is -0.222. The summed E-state index contributed by atoms with van der Waals surface area (Å²) in [5.41, 5.74) is -0.137. The molecule has 0 spiro atoms. The van der Waals surface area contributed by atoms with Gasteiger partial charge < -0.3 is 10.2 Å². The van der Waals surface area contributed by atoms with Crippen LogP contribution in [0.4, 0.5) is 4.39 Å². The number of rotatable bonds is 7. The molecule has 5 aliphatic carbocycles. The summed E-state index contributed by atoms with van der Waals surface area (Å²) >= 11 is 0. The van der Waals surface area contributed by atoms with Crippen molar-refractivity contribution in [3.05, 3.63) is 0 Å². The Bertz CT molecular complexity index is 987. The first kappa shape index (κ1) is 27.8. The van der Waals surface area contributed by atoms with Crippen LogP contribution in [0.5, 0.6) is 0 Å². The number of amides is 1. The van der Waals surface area contributed by atoms with E-state index in [2.05, 4.69) is 32.4 Å². The second-order valence-electron chi connectivity index (χ2n) is 13.9. The van der Waals surface area contributed by atoms with Gasteiger partial charge in [0.2, 0.25) is 15.9 Å². The molecule has 37 heavy (non-hydrogen) atoms. The first-order chi connectivity index (χ1) is 17.3. The largest absolute Gasteiger partial charge is 0.393 e. The summed E-state index contributed by atoms with van der Waals surface area (Å²) in [5.74, 6) is 0.682. The summed E-state index contributed by atoms with van der Waals surface area (Å²) in [6, 6.07) is 0. The van der Waals surface area contributed by atoms with Crippen molar-refractivity contribution >= 4 is 15.9 Å². The third kappa shape index (κ3) is 4.49. The summed E-state index contributed by atoms with van der Waals surface area (Å²) in [5, 5.41) is 21.8. The molecular weight excluding hydrogens is 493 g/mol. The van der Waals surface area contributed by atoms with Crippen LogP contribution in [-0.4, -0.2) is 48.2 Å². The smallest absolute Gasteiger partial charge is 0.237 e. The standard InChI is InChI=1S/C29H48FNO5S/c1-5-18-25-26(30)22(32)13-15-29(25,4)21-12-14-28(3)19(9-10-20(28)24(21)27(18)34)16(2)6-11-23(33)31-37(35,36)17-7-8-17/h16-22,24-27,32,34H,5-15H2,1-4H3,(H,31,33)/t16-,18-,19?,20?,21?,22-,24?,25-,26+,27?,28-,29-/m1/s1. The number of hydrogen-bond donors (Lipinski definition) is 3. The SMILES string of the molecule is CC[C@H]1C(O)C2C3CCC([C@H](C)CCC(=O)NS(=O)(=O)C4CC4)[C@@]3(C)CCC2[C@@]2(C)CC[C@@H](O)[C@H](F)[C@@H]12. The molecule has 8 heteroatoms. The zero-order chi connectivity index (χ0) is 26.9. The zero-order valence-electron chi connectivity index (χ0n) is 23.0. The number of sulfonamides is 1. The lowest BCUT2D eigenvalue weighted by Gasteiger charge is -2.65. The third-order valence-electron chi connectivity index (χ3n) is 12.2. The van der Waals surface area contributed by atoms with Crippen molar-refractivity contribution in [2.75, 3.05) is 0 Å². The van der Waals surface area contributed by atoms with Crippen molar-refractivity contribution in [1.82, 2.24) is 4.72 Å². The Labute approximate surface area is 222 Å². The van der Waals surface area contributed by atoms with Gasteiger partial charge >= 0.3 is 0 Å². The minimum Gasteiger partial charge on any atom is -0.393 e. The number of aliphatic hydroxyl groups is 2. The van der Waals surface area contributed by atoms with Crippen LogP contribution in [0.2, 0.25) is 0 Å². The monoisotopic (exact) mass is 541 g/mol. The number of carbonyl (C=O) groups is 1. The van der Waals surface area contributed by atoms with Gasteiger partial charge in [-0.1, -0.05) is 34.1 Å². The van der Waals surface area contributed by atoms with E-state index in [1.807, 2.05) is 0 Å². The van der Waals surface area contributed by atoms with E-state index >= 15 is 4.39 Å². The number of fused-ring (bicyclic) bond motifs is 5. The van der Waals surface area contributed by atoms with E-state index in [9.17, 15) is 23.4 Å². The Hall–Kier alpha value is -0.730. The summed E-state index contributed by atoms with van der Waals surface area (Å²) in [6.07, 6.45) is 5.60. The molecule has 0 aromatic carbocycles. The van der Waals surface area contributed by atoms with Crippen molar-refractivity contribution in [1.29, 1.82) is 0 Å². The van der Waals surface area contributed by atoms with Crippen LogP contribution in [0, 0.1) is 52.3 Å². The van der Waals surface area contributed by atoms with E-state index in [0.29, 0.717) is 37.5 Å². The van der Waals surface area contributed by atoms with Gasteiger partial charge in [-0.05, 0) is 104 Å². The van der Waals surface area contributed by atoms with E-state index in [1.165, 1.54) is 0 Å². The average Bonchev–Trinajstić information content (AvgIpc) is 3.64. The maximum Gasteiger partial charge on any atom is 0.237 e. The molecule has 1 amide bonds. The molecule has 0 aromatic heterocycles. The minimum absolute atomic E-state index is 0.0584. The van der Waals surface area contributed by atoms with E-state index in [-0.39, 0.29) is 46.8 Å². The van der Waals surface area contributed by atoms with Crippen molar-refractivity contribution in [2.45, 2.75) is 122 Å². The molecule has 5 rings (SSSR count). The van der Waals surface area contributed by atoms with Gasteiger partial charge in [0.05, 0.1) is 17.5 Å². The molecule has 3 N–H and O–H groups in total. The van der Waals surface area contributed by atoms with Crippen molar-refractivity contribution < 1.29 is 27.8 Å². The van der Waals surface area contributed by atoms with Crippen LogP contribution in [0.15, 0.2) is 0 Å². The van der Waals surface area contributed by atoms with Gasteiger partial charge in [0.15, 0.2) is 0 Å². The predicted octanol–water partition coefficient (Wildman–Crippen LogP) is 4.59. The molecule has 0 aromatic rings. The molecule has 12 atom stereocenters. The molecule has 212 valence electrons. The summed E-state index contributed by atoms with van der Waals surface area (Å²) in [4.78, 5) is 12.4. The van der Waals surface area contributed by atoms with Gasteiger partial charge in [-0.3, -0.25) is 9.52 Å². The molecule has 6 nitrogen and oxygen atoms in total. The number of nitrogens with one attached hydrogen (secondary N) is 1. The number of aliphatic hydroxyl groups excluding tert-OH is 2. The minimum atomic E-state index is -3.50. The number of halogens is 1. The van der Waals surface area contributed by atoms with Crippen LogP contribution < -0.4 is 4.72 Å². The zero-order valence-corrected chi connectivity index (χ0v) is 23.9. The average molecular weight is 542 g/mol. The Morgan fingerprint density at radius 3 is 2.32 bits per heavy atom. The number of carbonyl (C=O) groups excluding carboxylic acids is 1. The molecule has 5 saturated carbocycles. The molecule has 0 saturated heterocycles. The molecule has 5 fully saturated rings. The van der Waals surface area contributed by atoms with Gasteiger partial charge in [0.25, 0.3) is 0 Å². The highest BCUT2D eigenvalue weighted by Gasteiger charge is 2.66. The van der Waals surface area contributed by atoms with Gasteiger partial charge in [-0.25, -0.2) is 12.8 Å². The number of hydrogen-bond acceptors (Lipinski definition) is 5. The third-order valence-corrected chi connectivity index (χ3v) is 14.1. The fourth-order valence-corrected chi connectivity index (χ4v) is 11.5. The highest BCUT2D eigenvalue weighted by Crippen LogP contribution is 2.69. The quantitative estimate of drug-likeness (QED) is 0.438. The fraction of sp³-hybridized carbons (Fsp3) is 0.966. The van der Waals surface area contributed by atoms with Crippen LogP contribution in [0.25, 0.3) is 0 Å². The summed E-state index contributed by atoms with van der Waals surface area (Å²) in [6.45, 7) is 8.88. The van der Waals surface area contributed by atoms with E-state index in [1.54, 1.807) is 0 Å². The van der Waals surface area contributed by atoms with E-state index in [0.717, 1.165) is 38.5 Å². The predicted molar refractivity (Wildman–Crippen MR) is 141 cm³/mol. The molecule has 5 unspecified atom stereocenters. The highest BCUT2D eigenvalue weighted by atomic mass is 32.2. The molecule has 0 radical (unpaired) electrons. The van der Waals surface area contributed by atoms with E-state index in [4.69, 9.17) is 0 Å². The molecular formula is C29H48FNO5S. The molecule has 0 heterocycles. The van der Waals surface area contributed by atoms with Crippen LogP contribution >= 0.6 is 0 Å². The maximum atomic E-state index is 15.5. The van der Waals surface area contributed by atoms with Crippen molar-refractivity contribution in [3.63, 3.8) is 0 Å². The fourth-order valence-electron chi connectivity index (χ4n) is 10.2. The molecule has 0 bridgehead atoms. The Kier molecular flexibility index (Phi) is 7.31. The second kappa shape index (κ2) is 9.72. The van der Waals surface area contributed by atoms with Gasteiger partial charge in [0.1, 0.15) is 6.17 Å². The summed E-state index contributed by atoms with van der Waals surface area (Å²) < 4.78 is 42.0. The Morgan fingerprint density at radius 2 is 1.68 bits per heavy atom.